The van der Waals surface area contributed by atoms with Crippen LogP contribution in [0.4, 0.5) is 0 Å². The molecule has 19 heteroatoms. The maximum Gasteiger partial charge on any atom is 0.335 e. The summed E-state index contributed by atoms with van der Waals surface area (Å²) >= 11 is 0. The average Bonchev–Trinajstić information content (AvgIpc) is 3.08. The largest absolute Gasteiger partial charge is 0.571 e. The first-order valence-corrected chi connectivity index (χ1v) is 15.3. The first-order chi connectivity index (χ1) is 23.7. The number of cyclic esters (lactones) is 2. The molecule has 2 aromatic carbocycles. The summed E-state index contributed by atoms with van der Waals surface area (Å²) in [5.41, 5.74) is 0.276. The van der Waals surface area contributed by atoms with Gasteiger partial charge in [-0.15, -0.1) is 0 Å². The molecule has 0 amide bonds. The fourth-order valence-electron chi connectivity index (χ4n) is 5.72. The number of aromatic hydroxyl groups is 4. The quantitative estimate of drug-likeness (QED) is 0.0801. The van der Waals surface area contributed by atoms with Crippen molar-refractivity contribution in [3.05, 3.63) is 47.2 Å². The van der Waals surface area contributed by atoms with Crippen LogP contribution in [0.2, 0.25) is 0 Å². The molecule has 0 radical (unpaired) electrons. The van der Waals surface area contributed by atoms with Crippen LogP contribution in [0.15, 0.2) is 36.1 Å². The molecule has 2 fully saturated rings. The molecule has 4 aliphatic heterocycles. The molecule has 19 nitrogen and oxygen atoms in total. The number of fused-ring (bicyclic) bond motifs is 4. The van der Waals surface area contributed by atoms with Gasteiger partial charge in [0.05, 0.1) is 18.1 Å². The Bertz CT molecular complexity index is 1630. The number of benzene rings is 2. The molecule has 2 saturated heterocycles. The highest BCUT2D eigenvalue weighted by molar-refractivity contribution is 5.81. The minimum absolute atomic E-state index is 0.0442. The molecule has 0 saturated carbocycles. The highest BCUT2D eigenvalue weighted by Gasteiger charge is 2.49. The molecule has 12 atom stereocenters. The summed E-state index contributed by atoms with van der Waals surface area (Å²) in [6, 6.07) is 6.03. The lowest BCUT2D eigenvalue weighted by Gasteiger charge is -2.41. The maximum absolute atomic E-state index is 12.4. The Morgan fingerprint density at radius 2 is 1.30 bits per heavy atom. The van der Waals surface area contributed by atoms with E-state index in [9.17, 15) is 60.7 Å². The summed E-state index contributed by atoms with van der Waals surface area (Å²) in [5.74, 6) is -4.21. The molecule has 0 spiro atoms. The third-order valence-corrected chi connectivity index (χ3v) is 8.51. The van der Waals surface area contributed by atoms with E-state index in [1.165, 1.54) is 24.3 Å². The Morgan fingerprint density at radius 1 is 0.680 bits per heavy atom. The van der Waals surface area contributed by atoms with Gasteiger partial charge in [0.1, 0.15) is 79.1 Å². The molecule has 6 bridgehead atoms. The van der Waals surface area contributed by atoms with Gasteiger partial charge in [0, 0.05) is 12.1 Å². The smallest absolute Gasteiger partial charge is 0.335 e. The highest BCUT2D eigenvalue weighted by Crippen LogP contribution is 2.47. The Kier molecular flexibility index (Phi) is 9.95. The van der Waals surface area contributed by atoms with Crippen LogP contribution in [0.1, 0.15) is 23.7 Å². The number of hydrogen-bond donors (Lipinski definition) is 10. The highest BCUT2D eigenvalue weighted by atomic mass is 16.7. The number of ether oxygens (including phenoxy) is 7. The van der Waals surface area contributed by atoms with E-state index in [-0.39, 0.29) is 28.4 Å². The van der Waals surface area contributed by atoms with E-state index in [0.717, 1.165) is 12.1 Å². The van der Waals surface area contributed by atoms with Crippen LogP contribution in [0.5, 0.6) is 28.7 Å². The predicted octanol–water partition coefficient (Wildman–Crippen LogP) is -3.00. The second-order valence-electron chi connectivity index (χ2n) is 12.0. The van der Waals surface area contributed by atoms with Gasteiger partial charge in [0.25, 0.3) is 11.9 Å². The number of phenolic OH excluding ortho intramolecular Hbond substituents is 3. The van der Waals surface area contributed by atoms with Crippen molar-refractivity contribution in [2.24, 2.45) is 0 Å². The van der Waals surface area contributed by atoms with E-state index in [2.05, 4.69) is 4.74 Å². The molecule has 6 rings (SSSR count). The van der Waals surface area contributed by atoms with Crippen LogP contribution >= 0.6 is 0 Å². The zero-order valence-corrected chi connectivity index (χ0v) is 25.7. The van der Waals surface area contributed by atoms with E-state index in [0.29, 0.717) is 0 Å². The topological polar surface area (TPSA) is 305 Å². The molecular weight excluding hydrogens is 676 g/mol. The van der Waals surface area contributed by atoms with Crippen molar-refractivity contribution in [2.45, 2.75) is 80.0 Å². The maximum atomic E-state index is 12.4. The third-order valence-electron chi connectivity index (χ3n) is 8.51. The van der Waals surface area contributed by atoms with Crippen molar-refractivity contribution in [2.75, 3.05) is 13.2 Å². The Morgan fingerprint density at radius 3 is 1.94 bits per heavy atom. The molecule has 1 unspecified atom stereocenters. The summed E-state index contributed by atoms with van der Waals surface area (Å²) in [4.78, 5) is 24.9. The van der Waals surface area contributed by atoms with E-state index >= 15 is 0 Å². The second kappa shape index (κ2) is 14.1. The minimum Gasteiger partial charge on any atom is -0.571 e. The number of aliphatic hydroxyl groups excluding tert-OH is 7. The van der Waals surface area contributed by atoms with Crippen molar-refractivity contribution in [3.63, 3.8) is 0 Å². The lowest BCUT2D eigenvalue weighted by molar-refractivity contribution is -0.296. The molecule has 11 N–H and O–H groups in total. The fourth-order valence-corrected chi connectivity index (χ4v) is 5.72. The van der Waals surface area contributed by atoms with Crippen molar-refractivity contribution in [1.82, 2.24) is 0 Å². The molecule has 0 aliphatic carbocycles. The number of carbonyl (C=O) groups excluding carboxylic acids is 2. The number of esters is 2. The van der Waals surface area contributed by atoms with E-state index < -0.39 is 122 Å². The number of phenols is 3. The molecule has 4 heterocycles. The van der Waals surface area contributed by atoms with E-state index in [1.807, 2.05) is 0 Å². The van der Waals surface area contributed by atoms with Gasteiger partial charge in [0.15, 0.2) is 23.4 Å². The lowest BCUT2D eigenvalue weighted by atomic mass is 9.98. The Balaban J connectivity index is 1.43. The first-order valence-electron chi connectivity index (χ1n) is 15.3. The number of hydrogen-bond acceptors (Lipinski definition) is 18. The van der Waals surface area contributed by atoms with Gasteiger partial charge >= 0.3 is 11.9 Å². The van der Waals surface area contributed by atoms with Gasteiger partial charge < -0.3 is 84.2 Å². The van der Waals surface area contributed by atoms with Crippen LogP contribution in [0.3, 0.4) is 0 Å². The van der Waals surface area contributed by atoms with Crippen LogP contribution in [0.25, 0.3) is 6.08 Å². The first kappa shape index (κ1) is 35.4. The summed E-state index contributed by atoms with van der Waals surface area (Å²) < 4.78 is 37.7. The number of rotatable bonds is 1. The summed E-state index contributed by atoms with van der Waals surface area (Å²) in [5, 5.41) is 105. The van der Waals surface area contributed by atoms with Gasteiger partial charge in [-0.25, -0.2) is 4.79 Å². The SMILES string of the molecule is O=C1C[C@H](O)C(=O)OC[C@H]2O[C@@H](Oc3cc(O)cc4c3C=C(O[C@@H]3O[C@H](CO1)[C@@H](O)[C@H](O)[C@H]3O)C(c1ccc(O)c(O)c1)[OH+]4)[C@H](O)[C@@H](O)[C@@H]2O. The Labute approximate surface area is 281 Å². The Hall–Kier alpha value is -4.44. The third kappa shape index (κ3) is 6.95. The summed E-state index contributed by atoms with van der Waals surface area (Å²) in [6.07, 6.45) is -20.7. The monoisotopic (exact) mass is 711 g/mol. The zero-order valence-electron chi connectivity index (χ0n) is 25.7. The zero-order chi connectivity index (χ0) is 36.0. The molecule has 2 aromatic rings. The van der Waals surface area contributed by atoms with Gasteiger partial charge in [-0.05, 0) is 18.2 Å². The number of carbonyl (C=O) groups is 2. The molecule has 4 aliphatic rings. The van der Waals surface area contributed by atoms with Crippen molar-refractivity contribution >= 4 is 18.0 Å². The minimum atomic E-state index is -2.07. The lowest BCUT2D eigenvalue weighted by Crippen LogP contribution is -2.60. The van der Waals surface area contributed by atoms with Crippen LogP contribution in [-0.2, 0) is 33.3 Å². The van der Waals surface area contributed by atoms with Crippen LogP contribution in [-0.4, -0.2) is 148 Å². The van der Waals surface area contributed by atoms with Crippen molar-refractivity contribution < 1.29 is 93.8 Å². The van der Waals surface area contributed by atoms with Crippen LogP contribution < -0.4 is 4.74 Å². The standard InChI is InChI=1S/C31H34O19/c32-11-4-16-12-6-18(28(46-16)10-1-2-13(33)14(34)3-10)48-31-27(42)24(39)22(37)19(49-31)8-44-21(36)7-15(35)29(43)45-9-20-23(38)25(40)26(41)30(50-20)47-17(12)5-11/h1-6,15,19-20,22-28,30-35,37-42H,7-9H2/p+1/t15-,19+,20+,22+,23+,24-,25-,26+,27+,28?,30+,31+/m0/s1. The molecule has 50 heavy (non-hydrogen) atoms. The van der Waals surface area contributed by atoms with Crippen molar-refractivity contribution in [1.29, 1.82) is 0 Å². The van der Waals surface area contributed by atoms with E-state index in [4.69, 9.17) is 28.4 Å². The van der Waals surface area contributed by atoms with E-state index in [1.54, 1.807) is 0 Å². The van der Waals surface area contributed by atoms with Gasteiger partial charge in [-0.3, -0.25) is 4.79 Å². The normalized spacial score (nSPS) is 36.3. The second-order valence-corrected chi connectivity index (χ2v) is 12.0. The number of aliphatic hydroxyl groups is 8. The van der Waals surface area contributed by atoms with Gasteiger partial charge in [-0.2, -0.15) is 0 Å². The molecule has 272 valence electrons. The molecular formula is C31H35O19+. The average molecular weight is 712 g/mol. The summed E-state index contributed by atoms with van der Waals surface area (Å²) in [7, 11) is 0. The molecule has 0 aromatic heterocycles. The van der Waals surface area contributed by atoms with Crippen molar-refractivity contribution in [3.8, 4) is 28.7 Å². The predicted molar refractivity (Wildman–Crippen MR) is 158 cm³/mol. The fraction of sp³-hybridized carbons (Fsp3) is 0.484. The van der Waals surface area contributed by atoms with Crippen LogP contribution in [0, 0.1) is 0 Å². The van der Waals surface area contributed by atoms with Gasteiger partial charge in [0.2, 0.25) is 12.6 Å². The van der Waals surface area contributed by atoms with Gasteiger partial charge in [-0.1, -0.05) is 0 Å². The summed E-state index contributed by atoms with van der Waals surface area (Å²) in [6.45, 7) is -1.53.